The van der Waals surface area contributed by atoms with Gasteiger partial charge < -0.3 is 15.0 Å². The Hall–Kier alpha value is -3.40. The maximum absolute atomic E-state index is 12.2. The second-order valence-corrected chi connectivity index (χ2v) is 7.80. The van der Waals surface area contributed by atoms with E-state index in [4.69, 9.17) is 4.74 Å². The number of rotatable bonds is 7. The SMILES string of the molecule is Cc1cc2ncc(CN3CC[C@@H](Oc4ccc(C(=O)NCC(F)F)nc4)C3)cc2[nH]c1=O. The number of carbonyl (C=O) groups excluding carboxylic acids is 1. The van der Waals surface area contributed by atoms with Gasteiger partial charge in [0.15, 0.2) is 0 Å². The third kappa shape index (κ3) is 5.25. The lowest BCUT2D eigenvalue weighted by Crippen LogP contribution is -2.29. The predicted molar refractivity (Wildman–Crippen MR) is 114 cm³/mol. The molecule has 4 heterocycles. The number of amides is 1. The fourth-order valence-corrected chi connectivity index (χ4v) is 3.64. The number of carbonyl (C=O) groups is 1. The van der Waals surface area contributed by atoms with E-state index >= 15 is 0 Å². The number of aromatic nitrogens is 3. The lowest BCUT2D eigenvalue weighted by atomic mass is 10.2. The van der Waals surface area contributed by atoms with Gasteiger partial charge in [0.1, 0.15) is 17.5 Å². The average molecular weight is 443 g/mol. The van der Waals surface area contributed by atoms with Gasteiger partial charge in [0.2, 0.25) is 0 Å². The molecule has 3 aromatic heterocycles. The number of fused-ring (bicyclic) bond motifs is 1. The van der Waals surface area contributed by atoms with Crippen molar-refractivity contribution in [2.75, 3.05) is 19.6 Å². The highest BCUT2D eigenvalue weighted by molar-refractivity contribution is 5.92. The normalized spacial score (nSPS) is 16.6. The highest BCUT2D eigenvalue weighted by Gasteiger charge is 2.24. The van der Waals surface area contributed by atoms with Crippen molar-refractivity contribution >= 4 is 16.9 Å². The number of hydrogen-bond acceptors (Lipinski definition) is 6. The van der Waals surface area contributed by atoms with Gasteiger partial charge in [-0.1, -0.05) is 0 Å². The maximum Gasteiger partial charge on any atom is 0.270 e. The van der Waals surface area contributed by atoms with Crippen LogP contribution in [0.3, 0.4) is 0 Å². The van der Waals surface area contributed by atoms with E-state index in [1.165, 1.54) is 12.3 Å². The van der Waals surface area contributed by atoms with Crippen LogP contribution in [0, 0.1) is 6.92 Å². The minimum Gasteiger partial charge on any atom is -0.487 e. The van der Waals surface area contributed by atoms with Crippen LogP contribution in [0.15, 0.2) is 41.5 Å². The summed E-state index contributed by atoms with van der Waals surface area (Å²) >= 11 is 0. The fraction of sp³-hybridized carbons (Fsp3) is 0.364. The number of aromatic amines is 1. The largest absolute Gasteiger partial charge is 0.487 e. The zero-order valence-electron chi connectivity index (χ0n) is 17.5. The van der Waals surface area contributed by atoms with Gasteiger partial charge in [0.25, 0.3) is 17.9 Å². The molecule has 1 amide bonds. The van der Waals surface area contributed by atoms with Crippen LogP contribution in [0.2, 0.25) is 0 Å². The molecule has 0 unspecified atom stereocenters. The van der Waals surface area contributed by atoms with Crippen molar-refractivity contribution in [1.82, 2.24) is 25.2 Å². The molecule has 1 atom stereocenters. The first kappa shape index (κ1) is 21.8. The molecule has 168 valence electrons. The molecular weight excluding hydrogens is 420 g/mol. The molecule has 32 heavy (non-hydrogen) atoms. The van der Waals surface area contributed by atoms with Crippen molar-refractivity contribution in [3.8, 4) is 5.75 Å². The second kappa shape index (κ2) is 9.39. The first-order valence-corrected chi connectivity index (χ1v) is 10.3. The molecule has 1 aliphatic heterocycles. The molecular formula is C22H23F2N5O3. The first-order valence-electron chi connectivity index (χ1n) is 10.3. The molecule has 10 heteroatoms. The fourth-order valence-electron chi connectivity index (χ4n) is 3.64. The van der Waals surface area contributed by atoms with Crippen molar-refractivity contribution in [3.05, 3.63) is 63.8 Å². The number of H-pyrrole nitrogens is 1. The molecule has 1 fully saturated rings. The number of alkyl halides is 2. The van der Waals surface area contributed by atoms with Gasteiger partial charge >= 0.3 is 0 Å². The van der Waals surface area contributed by atoms with Gasteiger partial charge in [0.05, 0.1) is 23.8 Å². The Morgan fingerprint density at radius 1 is 1.31 bits per heavy atom. The Morgan fingerprint density at radius 3 is 2.91 bits per heavy atom. The van der Waals surface area contributed by atoms with Gasteiger partial charge in [-0.3, -0.25) is 19.5 Å². The van der Waals surface area contributed by atoms with Crippen LogP contribution in [-0.2, 0) is 6.54 Å². The molecule has 0 bridgehead atoms. The number of nitrogens with zero attached hydrogens (tertiary/aromatic N) is 3. The number of ether oxygens (including phenoxy) is 1. The highest BCUT2D eigenvalue weighted by atomic mass is 19.3. The number of aryl methyl sites for hydroxylation is 1. The summed E-state index contributed by atoms with van der Waals surface area (Å²) < 4.78 is 30.3. The van der Waals surface area contributed by atoms with Crippen molar-refractivity contribution in [3.63, 3.8) is 0 Å². The zero-order chi connectivity index (χ0) is 22.7. The third-order valence-electron chi connectivity index (χ3n) is 5.26. The summed E-state index contributed by atoms with van der Waals surface area (Å²) in [5, 5.41) is 2.11. The van der Waals surface area contributed by atoms with Gasteiger partial charge in [-0.2, -0.15) is 0 Å². The Labute approximate surface area is 182 Å². The topological polar surface area (TPSA) is 100 Å². The second-order valence-electron chi connectivity index (χ2n) is 7.80. The summed E-state index contributed by atoms with van der Waals surface area (Å²) in [6.45, 7) is 3.27. The Balaban J connectivity index is 1.32. The van der Waals surface area contributed by atoms with E-state index in [-0.39, 0.29) is 17.4 Å². The lowest BCUT2D eigenvalue weighted by Gasteiger charge is -2.17. The molecule has 1 aliphatic rings. The van der Waals surface area contributed by atoms with E-state index in [0.29, 0.717) is 29.9 Å². The monoisotopic (exact) mass is 443 g/mol. The quantitative estimate of drug-likeness (QED) is 0.581. The van der Waals surface area contributed by atoms with E-state index in [1.54, 1.807) is 19.1 Å². The van der Waals surface area contributed by atoms with Gasteiger partial charge in [0, 0.05) is 31.4 Å². The molecule has 3 aromatic rings. The number of nitrogens with one attached hydrogen (secondary N) is 2. The molecule has 0 radical (unpaired) electrons. The lowest BCUT2D eigenvalue weighted by molar-refractivity contribution is 0.0887. The molecule has 8 nitrogen and oxygen atoms in total. The molecule has 2 N–H and O–H groups in total. The Kier molecular flexibility index (Phi) is 6.40. The van der Waals surface area contributed by atoms with Crippen LogP contribution in [0.1, 0.15) is 28.0 Å². The van der Waals surface area contributed by atoms with Crippen LogP contribution >= 0.6 is 0 Å². The summed E-state index contributed by atoms with van der Waals surface area (Å²) in [5.41, 5.74) is 3.05. The molecule has 0 saturated carbocycles. The zero-order valence-corrected chi connectivity index (χ0v) is 17.5. The van der Waals surface area contributed by atoms with E-state index in [9.17, 15) is 18.4 Å². The predicted octanol–water partition coefficient (Wildman–Crippen LogP) is 2.27. The first-order chi connectivity index (χ1) is 15.4. The van der Waals surface area contributed by atoms with Gasteiger partial charge in [-0.25, -0.2) is 13.8 Å². The Bertz CT molecular complexity index is 1170. The molecule has 1 saturated heterocycles. The number of halogens is 2. The van der Waals surface area contributed by atoms with E-state index < -0.39 is 18.9 Å². The van der Waals surface area contributed by atoms with Gasteiger partial charge in [-0.15, -0.1) is 0 Å². The number of hydrogen-bond donors (Lipinski definition) is 2. The van der Waals surface area contributed by atoms with Crippen molar-refractivity contribution < 1.29 is 18.3 Å². The summed E-state index contributed by atoms with van der Waals surface area (Å²) in [5.74, 6) is -0.132. The average Bonchev–Trinajstić information content (AvgIpc) is 3.20. The number of pyridine rings is 3. The minimum absolute atomic E-state index is 0.0359. The molecule has 0 aromatic carbocycles. The summed E-state index contributed by atoms with van der Waals surface area (Å²) in [7, 11) is 0. The molecule has 0 spiro atoms. The van der Waals surface area contributed by atoms with E-state index in [0.717, 1.165) is 24.0 Å². The third-order valence-corrected chi connectivity index (χ3v) is 5.26. The van der Waals surface area contributed by atoms with Crippen molar-refractivity contribution in [2.24, 2.45) is 0 Å². The summed E-state index contributed by atoms with van der Waals surface area (Å²) in [6, 6.07) is 6.78. The van der Waals surface area contributed by atoms with Crippen molar-refractivity contribution in [2.45, 2.75) is 32.4 Å². The standard InChI is InChI=1S/C22H23F2N5O3/c1-13-6-18-19(28-21(13)30)7-14(8-25-18)11-29-5-4-16(12-29)32-15-2-3-17(26-9-15)22(31)27-10-20(23)24/h2-3,6-9,16,20H,4-5,10-12H2,1H3,(H,27,31)(H,28,30)/t16-/m1/s1. The van der Waals surface area contributed by atoms with E-state index in [2.05, 4.69) is 25.2 Å². The van der Waals surface area contributed by atoms with Crippen LogP contribution in [0.25, 0.3) is 11.0 Å². The van der Waals surface area contributed by atoms with Gasteiger partial charge in [-0.05, 0) is 43.2 Å². The van der Waals surface area contributed by atoms with Crippen molar-refractivity contribution in [1.29, 1.82) is 0 Å². The van der Waals surface area contributed by atoms with Crippen LogP contribution in [-0.4, -0.2) is 57.9 Å². The smallest absolute Gasteiger partial charge is 0.270 e. The maximum atomic E-state index is 12.2. The molecule has 0 aliphatic carbocycles. The number of likely N-dealkylation sites (tertiary alicyclic amines) is 1. The summed E-state index contributed by atoms with van der Waals surface area (Å²) in [4.78, 5) is 37.1. The summed E-state index contributed by atoms with van der Waals surface area (Å²) in [6.07, 6.45) is 1.42. The van der Waals surface area contributed by atoms with Crippen LogP contribution in [0.4, 0.5) is 8.78 Å². The molecule has 4 rings (SSSR count). The van der Waals surface area contributed by atoms with Crippen LogP contribution < -0.4 is 15.6 Å². The Morgan fingerprint density at radius 2 is 2.16 bits per heavy atom. The highest BCUT2D eigenvalue weighted by Crippen LogP contribution is 2.20. The van der Waals surface area contributed by atoms with Crippen LogP contribution in [0.5, 0.6) is 5.75 Å². The minimum atomic E-state index is -2.61. The van der Waals surface area contributed by atoms with E-state index in [1.807, 2.05) is 12.3 Å².